The van der Waals surface area contributed by atoms with E-state index in [0.717, 1.165) is 0 Å². The van der Waals surface area contributed by atoms with Crippen molar-refractivity contribution in [1.82, 2.24) is 0 Å². The van der Waals surface area contributed by atoms with Crippen molar-refractivity contribution in [1.29, 1.82) is 0 Å². The van der Waals surface area contributed by atoms with Crippen LogP contribution in [0.2, 0.25) is 5.02 Å². The van der Waals surface area contributed by atoms with E-state index in [1.807, 2.05) is 0 Å². The molecular weight excluding hydrogens is 295 g/mol. The molecule has 112 valence electrons. The molecule has 0 aliphatic carbocycles. The molecule has 1 atom stereocenters. The maximum Gasteiger partial charge on any atom is 0.128 e. The minimum Gasteiger partial charge on any atom is -0.497 e. The number of ether oxygens (including phenoxy) is 2. The Kier molecular flexibility index (Phi) is 4.70. The van der Waals surface area contributed by atoms with Gasteiger partial charge in [-0.05, 0) is 36.8 Å². The number of hydrogen-bond acceptors (Lipinski definition) is 3. The summed E-state index contributed by atoms with van der Waals surface area (Å²) in [6, 6.07) is 7.81. The lowest BCUT2D eigenvalue weighted by atomic mass is 9.98. The van der Waals surface area contributed by atoms with E-state index in [0.29, 0.717) is 28.2 Å². The fourth-order valence-electron chi connectivity index (χ4n) is 2.10. The van der Waals surface area contributed by atoms with Gasteiger partial charge in [-0.25, -0.2) is 4.39 Å². The van der Waals surface area contributed by atoms with Crippen LogP contribution < -0.4 is 9.47 Å². The smallest absolute Gasteiger partial charge is 0.128 e. The van der Waals surface area contributed by atoms with Crippen molar-refractivity contribution in [2.45, 2.75) is 13.0 Å². The molecule has 0 bridgehead atoms. The van der Waals surface area contributed by atoms with Crippen LogP contribution in [-0.4, -0.2) is 19.3 Å². The molecule has 0 saturated heterocycles. The molecule has 0 fully saturated rings. The van der Waals surface area contributed by atoms with Gasteiger partial charge in [0.1, 0.15) is 23.4 Å². The number of methoxy groups -OCH3 is 2. The highest BCUT2D eigenvalue weighted by Gasteiger charge is 2.20. The SMILES string of the molecule is COc1ccc(C(O)c2cc(C)c(F)cc2Cl)c(OC)c1. The maximum absolute atomic E-state index is 13.5. The minimum atomic E-state index is -1.02. The van der Waals surface area contributed by atoms with Crippen LogP contribution in [0.3, 0.4) is 0 Å². The summed E-state index contributed by atoms with van der Waals surface area (Å²) in [6.45, 7) is 1.62. The number of hydrogen-bond donors (Lipinski definition) is 1. The van der Waals surface area contributed by atoms with Gasteiger partial charge >= 0.3 is 0 Å². The lowest BCUT2D eigenvalue weighted by molar-refractivity contribution is 0.214. The quantitative estimate of drug-likeness (QED) is 0.931. The Labute approximate surface area is 127 Å². The van der Waals surface area contributed by atoms with Crippen molar-refractivity contribution in [2.75, 3.05) is 14.2 Å². The van der Waals surface area contributed by atoms with Crippen LogP contribution in [0.4, 0.5) is 4.39 Å². The van der Waals surface area contributed by atoms with Crippen LogP contribution in [0.25, 0.3) is 0 Å². The van der Waals surface area contributed by atoms with Gasteiger partial charge < -0.3 is 14.6 Å². The Morgan fingerprint density at radius 1 is 1.10 bits per heavy atom. The summed E-state index contributed by atoms with van der Waals surface area (Å²) in [6.07, 6.45) is -1.02. The van der Waals surface area contributed by atoms with Crippen LogP contribution >= 0.6 is 11.6 Å². The maximum atomic E-state index is 13.5. The first-order valence-corrected chi connectivity index (χ1v) is 6.71. The minimum absolute atomic E-state index is 0.170. The van der Waals surface area contributed by atoms with Crippen molar-refractivity contribution >= 4 is 11.6 Å². The third-order valence-electron chi connectivity index (χ3n) is 3.31. The third-order valence-corrected chi connectivity index (χ3v) is 3.64. The summed E-state index contributed by atoms with van der Waals surface area (Å²) in [5.74, 6) is 0.682. The van der Waals surface area contributed by atoms with Crippen LogP contribution in [0.5, 0.6) is 11.5 Å². The molecular formula is C16H16ClFO3. The molecule has 0 amide bonds. The standard InChI is InChI=1S/C16H16ClFO3/c1-9-6-12(13(17)8-14(9)18)16(19)11-5-4-10(20-2)7-15(11)21-3/h4-8,16,19H,1-3H3. The van der Waals surface area contributed by atoms with E-state index >= 15 is 0 Å². The number of aliphatic hydroxyl groups is 1. The van der Waals surface area contributed by atoms with Gasteiger partial charge in [0.05, 0.1) is 14.2 Å². The zero-order valence-electron chi connectivity index (χ0n) is 12.0. The molecule has 0 saturated carbocycles. The highest BCUT2D eigenvalue weighted by atomic mass is 35.5. The number of benzene rings is 2. The molecule has 2 rings (SSSR count). The fourth-order valence-corrected chi connectivity index (χ4v) is 2.35. The molecule has 0 aliphatic rings. The van der Waals surface area contributed by atoms with Gasteiger partial charge in [-0.2, -0.15) is 0 Å². The number of aliphatic hydroxyl groups excluding tert-OH is 1. The summed E-state index contributed by atoms with van der Waals surface area (Å²) in [5.41, 5.74) is 1.38. The lowest BCUT2D eigenvalue weighted by Crippen LogP contribution is -2.04. The first-order chi connectivity index (χ1) is 9.97. The Balaban J connectivity index is 2.49. The van der Waals surface area contributed by atoms with Crippen LogP contribution in [0.15, 0.2) is 30.3 Å². The predicted molar refractivity (Wildman–Crippen MR) is 79.8 cm³/mol. The van der Waals surface area contributed by atoms with Crippen molar-refractivity contribution in [3.8, 4) is 11.5 Å². The van der Waals surface area contributed by atoms with E-state index in [1.54, 1.807) is 32.2 Å². The van der Waals surface area contributed by atoms with Gasteiger partial charge in [0.15, 0.2) is 0 Å². The fraction of sp³-hybridized carbons (Fsp3) is 0.250. The van der Waals surface area contributed by atoms with Gasteiger partial charge in [-0.3, -0.25) is 0 Å². The summed E-state index contributed by atoms with van der Waals surface area (Å²) in [5, 5.41) is 10.7. The lowest BCUT2D eigenvalue weighted by Gasteiger charge is -2.18. The largest absolute Gasteiger partial charge is 0.497 e. The second kappa shape index (κ2) is 6.33. The predicted octanol–water partition coefficient (Wildman–Crippen LogP) is 3.89. The Morgan fingerprint density at radius 3 is 2.43 bits per heavy atom. The highest BCUT2D eigenvalue weighted by Crippen LogP contribution is 2.36. The molecule has 0 heterocycles. The number of rotatable bonds is 4. The van der Waals surface area contributed by atoms with E-state index in [1.165, 1.54) is 19.2 Å². The molecule has 0 aliphatic heterocycles. The molecule has 0 radical (unpaired) electrons. The molecule has 1 unspecified atom stereocenters. The number of aryl methyl sites for hydroxylation is 1. The van der Waals surface area contributed by atoms with Crippen molar-refractivity contribution < 1.29 is 19.0 Å². The van der Waals surface area contributed by atoms with Crippen molar-refractivity contribution in [3.05, 3.63) is 57.9 Å². The van der Waals surface area contributed by atoms with E-state index < -0.39 is 11.9 Å². The average Bonchev–Trinajstić information content (AvgIpc) is 2.49. The van der Waals surface area contributed by atoms with Gasteiger partial charge in [-0.15, -0.1) is 0 Å². The molecule has 0 spiro atoms. The van der Waals surface area contributed by atoms with Gasteiger partial charge in [0.2, 0.25) is 0 Å². The summed E-state index contributed by atoms with van der Waals surface area (Å²) >= 11 is 6.03. The Hall–Kier alpha value is -1.78. The van der Waals surface area contributed by atoms with E-state index in [9.17, 15) is 9.50 Å². The van der Waals surface area contributed by atoms with Crippen molar-refractivity contribution in [2.24, 2.45) is 0 Å². The second-order valence-electron chi connectivity index (χ2n) is 4.63. The van der Waals surface area contributed by atoms with E-state index in [-0.39, 0.29) is 5.02 Å². The van der Waals surface area contributed by atoms with Crippen LogP contribution in [0.1, 0.15) is 22.8 Å². The molecule has 21 heavy (non-hydrogen) atoms. The zero-order valence-corrected chi connectivity index (χ0v) is 12.7. The first kappa shape index (κ1) is 15.6. The summed E-state index contributed by atoms with van der Waals surface area (Å²) in [4.78, 5) is 0. The second-order valence-corrected chi connectivity index (χ2v) is 5.04. The number of halogens is 2. The molecule has 3 nitrogen and oxygen atoms in total. The topological polar surface area (TPSA) is 38.7 Å². The third kappa shape index (κ3) is 3.12. The Morgan fingerprint density at radius 2 is 1.81 bits per heavy atom. The Bertz CT molecular complexity index is 658. The summed E-state index contributed by atoms with van der Waals surface area (Å²) < 4.78 is 23.8. The molecule has 1 N–H and O–H groups in total. The van der Waals surface area contributed by atoms with E-state index in [4.69, 9.17) is 21.1 Å². The molecule has 2 aromatic carbocycles. The van der Waals surface area contributed by atoms with Gasteiger partial charge in [-0.1, -0.05) is 11.6 Å². The zero-order chi connectivity index (χ0) is 15.6. The summed E-state index contributed by atoms with van der Waals surface area (Å²) in [7, 11) is 3.05. The van der Waals surface area contributed by atoms with Crippen molar-refractivity contribution in [3.63, 3.8) is 0 Å². The highest BCUT2D eigenvalue weighted by molar-refractivity contribution is 6.31. The molecule has 2 aromatic rings. The van der Waals surface area contributed by atoms with E-state index in [2.05, 4.69) is 0 Å². The van der Waals surface area contributed by atoms with Gasteiger partial charge in [0.25, 0.3) is 0 Å². The molecule has 5 heteroatoms. The molecule has 0 aromatic heterocycles. The first-order valence-electron chi connectivity index (χ1n) is 6.33. The normalized spacial score (nSPS) is 12.1. The van der Waals surface area contributed by atoms with Crippen LogP contribution in [0, 0.1) is 12.7 Å². The van der Waals surface area contributed by atoms with Gasteiger partial charge in [0, 0.05) is 22.2 Å². The van der Waals surface area contributed by atoms with Crippen LogP contribution in [-0.2, 0) is 0 Å². The average molecular weight is 311 g/mol. The monoisotopic (exact) mass is 310 g/mol.